The molecule has 4 nitrogen and oxygen atoms in total. The third-order valence-corrected chi connectivity index (χ3v) is 5.40. The average molecular weight is 543 g/mol. The van der Waals surface area contributed by atoms with Gasteiger partial charge in [-0.1, -0.05) is 34.1 Å². The van der Waals surface area contributed by atoms with Crippen LogP contribution >= 0.6 is 56.7 Å². The summed E-state index contributed by atoms with van der Waals surface area (Å²) in [5, 5.41) is 10.3. The maximum absolute atomic E-state index is 10.3. The van der Waals surface area contributed by atoms with Crippen molar-refractivity contribution in [2.45, 2.75) is 6.10 Å². The Balaban J connectivity index is 0.00000182. The minimum atomic E-state index is -0.501. The van der Waals surface area contributed by atoms with Crippen LogP contribution in [0.5, 0.6) is 5.75 Å². The minimum Gasteiger partial charge on any atom is -0.490 e. The van der Waals surface area contributed by atoms with Gasteiger partial charge in [-0.15, -0.1) is 24.8 Å². The van der Waals surface area contributed by atoms with Gasteiger partial charge in [0.15, 0.2) is 0 Å². The van der Waals surface area contributed by atoms with Gasteiger partial charge in [-0.05, 0) is 46.3 Å². The van der Waals surface area contributed by atoms with Crippen molar-refractivity contribution in [1.82, 2.24) is 4.90 Å². The van der Waals surface area contributed by atoms with E-state index >= 15 is 0 Å². The summed E-state index contributed by atoms with van der Waals surface area (Å²) < 4.78 is 7.60. The van der Waals surface area contributed by atoms with Gasteiger partial charge < -0.3 is 14.7 Å². The second kappa shape index (κ2) is 12.1. The molecule has 27 heavy (non-hydrogen) atoms. The summed E-state index contributed by atoms with van der Waals surface area (Å²) in [5.41, 5.74) is 1.27. The van der Waals surface area contributed by atoms with Crippen LogP contribution < -0.4 is 9.64 Å². The number of nitrogens with zero attached hydrogens (tertiary/aromatic N) is 2. The number of hydrogen-bond donors (Lipinski definition) is 1. The molecule has 0 aliphatic carbocycles. The highest BCUT2D eigenvalue weighted by atomic mass is 79.9. The van der Waals surface area contributed by atoms with Crippen molar-refractivity contribution >= 4 is 62.4 Å². The van der Waals surface area contributed by atoms with Crippen LogP contribution in [-0.2, 0) is 0 Å². The molecule has 150 valence electrons. The number of halogens is 4. The Morgan fingerprint density at radius 2 is 1.63 bits per heavy atom. The summed E-state index contributed by atoms with van der Waals surface area (Å²) in [6.07, 6.45) is -0.501. The topological polar surface area (TPSA) is 35.9 Å². The van der Waals surface area contributed by atoms with Gasteiger partial charge in [-0.3, -0.25) is 4.90 Å². The number of benzene rings is 2. The number of hydrogen-bond acceptors (Lipinski definition) is 4. The number of β-amino-alcohol motifs (C(OH)–C–C–N with tert-alkyl or cyclic N) is 1. The predicted octanol–water partition coefficient (Wildman–Crippen LogP) is 4.62. The molecule has 0 spiro atoms. The number of piperazine rings is 1. The van der Waals surface area contributed by atoms with E-state index in [-0.39, 0.29) is 24.8 Å². The van der Waals surface area contributed by atoms with E-state index in [0.717, 1.165) is 40.9 Å². The zero-order valence-electron chi connectivity index (χ0n) is 14.8. The average Bonchev–Trinajstić information content (AvgIpc) is 2.62. The molecule has 0 radical (unpaired) electrons. The zero-order chi connectivity index (χ0) is 17.6. The molecule has 1 unspecified atom stereocenters. The lowest BCUT2D eigenvalue weighted by Crippen LogP contribution is -2.49. The standard InChI is InChI=1S/C19H22Br2N2O2.2ClH/c20-15-6-7-19(18(21)12-15)25-14-17(24)13-22-8-10-23(11-9-22)16-4-2-1-3-5-16;;/h1-7,12,17,24H,8-11,13-14H2;2*1H. The van der Waals surface area contributed by atoms with Crippen molar-refractivity contribution in [2.75, 3.05) is 44.2 Å². The molecule has 8 heteroatoms. The number of anilines is 1. The highest BCUT2D eigenvalue weighted by molar-refractivity contribution is 9.11. The zero-order valence-corrected chi connectivity index (χ0v) is 19.6. The summed E-state index contributed by atoms with van der Waals surface area (Å²) in [4.78, 5) is 4.68. The molecule has 0 bridgehead atoms. The van der Waals surface area contributed by atoms with E-state index in [1.807, 2.05) is 24.3 Å². The fourth-order valence-corrected chi connectivity index (χ4v) is 4.12. The molecule has 1 atom stereocenters. The first-order valence-corrected chi connectivity index (χ1v) is 9.98. The van der Waals surface area contributed by atoms with Crippen molar-refractivity contribution in [2.24, 2.45) is 0 Å². The molecule has 3 rings (SSSR count). The Kier molecular flexibility index (Phi) is 11.0. The maximum atomic E-state index is 10.3. The molecular formula is C19H24Br2Cl2N2O2. The van der Waals surface area contributed by atoms with Gasteiger partial charge in [0, 0.05) is 42.9 Å². The Labute approximate surface area is 190 Å². The van der Waals surface area contributed by atoms with E-state index < -0.39 is 6.10 Å². The first kappa shape index (κ1) is 24.5. The Morgan fingerprint density at radius 3 is 2.26 bits per heavy atom. The first-order chi connectivity index (χ1) is 12.1. The fourth-order valence-electron chi connectivity index (χ4n) is 2.96. The van der Waals surface area contributed by atoms with Crippen LogP contribution in [0.3, 0.4) is 0 Å². The molecule has 1 aliphatic rings. The Hall–Kier alpha value is -0.500. The van der Waals surface area contributed by atoms with Crippen LogP contribution in [0.1, 0.15) is 0 Å². The number of aliphatic hydroxyl groups is 1. The molecule has 2 aromatic rings. The summed E-state index contributed by atoms with van der Waals surface area (Å²) >= 11 is 6.89. The van der Waals surface area contributed by atoms with Gasteiger partial charge in [-0.25, -0.2) is 0 Å². The molecule has 2 aromatic carbocycles. The van der Waals surface area contributed by atoms with Crippen molar-refractivity contribution < 1.29 is 9.84 Å². The van der Waals surface area contributed by atoms with Crippen LogP contribution in [-0.4, -0.2) is 55.4 Å². The summed E-state index contributed by atoms with van der Waals surface area (Å²) in [5.74, 6) is 0.746. The highest BCUT2D eigenvalue weighted by Gasteiger charge is 2.19. The minimum absolute atomic E-state index is 0. The molecule has 0 aromatic heterocycles. The molecular weight excluding hydrogens is 519 g/mol. The lowest BCUT2D eigenvalue weighted by Gasteiger charge is -2.36. The maximum Gasteiger partial charge on any atom is 0.133 e. The largest absolute Gasteiger partial charge is 0.490 e. The summed E-state index contributed by atoms with van der Waals surface area (Å²) in [7, 11) is 0. The second-order valence-electron chi connectivity index (χ2n) is 6.16. The van der Waals surface area contributed by atoms with Gasteiger partial charge in [0.1, 0.15) is 18.5 Å². The van der Waals surface area contributed by atoms with E-state index in [2.05, 4.69) is 65.9 Å². The predicted molar refractivity (Wildman–Crippen MR) is 123 cm³/mol. The normalized spacial score (nSPS) is 15.4. The number of para-hydroxylation sites is 1. The van der Waals surface area contributed by atoms with E-state index in [4.69, 9.17) is 4.74 Å². The molecule has 1 heterocycles. The highest BCUT2D eigenvalue weighted by Crippen LogP contribution is 2.28. The number of ether oxygens (including phenoxy) is 1. The molecule has 1 fully saturated rings. The lowest BCUT2D eigenvalue weighted by molar-refractivity contribution is 0.0660. The van der Waals surface area contributed by atoms with Crippen molar-refractivity contribution in [3.8, 4) is 5.75 Å². The van der Waals surface area contributed by atoms with Gasteiger partial charge >= 0.3 is 0 Å². The van der Waals surface area contributed by atoms with Gasteiger partial charge in [0.2, 0.25) is 0 Å². The smallest absolute Gasteiger partial charge is 0.133 e. The van der Waals surface area contributed by atoms with Crippen molar-refractivity contribution in [3.05, 3.63) is 57.5 Å². The monoisotopic (exact) mass is 540 g/mol. The molecule has 1 saturated heterocycles. The lowest BCUT2D eigenvalue weighted by atomic mass is 10.2. The van der Waals surface area contributed by atoms with Crippen LogP contribution in [0.2, 0.25) is 0 Å². The van der Waals surface area contributed by atoms with E-state index in [9.17, 15) is 5.11 Å². The Morgan fingerprint density at radius 1 is 0.963 bits per heavy atom. The first-order valence-electron chi connectivity index (χ1n) is 8.40. The van der Waals surface area contributed by atoms with E-state index in [1.165, 1.54) is 5.69 Å². The fraction of sp³-hybridized carbons (Fsp3) is 0.368. The Bertz CT molecular complexity index is 687. The molecule has 0 amide bonds. The van der Waals surface area contributed by atoms with E-state index in [0.29, 0.717) is 13.2 Å². The van der Waals surface area contributed by atoms with Crippen molar-refractivity contribution in [3.63, 3.8) is 0 Å². The van der Waals surface area contributed by atoms with Crippen LogP contribution in [0.25, 0.3) is 0 Å². The summed E-state index contributed by atoms with van der Waals surface area (Å²) in [6.45, 7) is 4.80. The SMILES string of the molecule is Cl.Cl.OC(COc1ccc(Br)cc1Br)CN1CCN(c2ccccc2)CC1. The summed E-state index contributed by atoms with van der Waals surface area (Å²) in [6, 6.07) is 16.2. The van der Waals surface area contributed by atoms with Gasteiger partial charge in [0.05, 0.1) is 4.47 Å². The quantitative estimate of drug-likeness (QED) is 0.578. The van der Waals surface area contributed by atoms with Gasteiger partial charge in [0.25, 0.3) is 0 Å². The van der Waals surface area contributed by atoms with E-state index in [1.54, 1.807) is 0 Å². The third-order valence-electron chi connectivity index (χ3n) is 4.29. The van der Waals surface area contributed by atoms with Crippen LogP contribution in [0.15, 0.2) is 57.5 Å². The molecule has 0 saturated carbocycles. The van der Waals surface area contributed by atoms with Crippen molar-refractivity contribution in [1.29, 1.82) is 0 Å². The molecule has 1 aliphatic heterocycles. The van der Waals surface area contributed by atoms with Crippen LogP contribution in [0.4, 0.5) is 5.69 Å². The molecule has 1 N–H and O–H groups in total. The number of rotatable bonds is 6. The third kappa shape index (κ3) is 7.44. The second-order valence-corrected chi connectivity index (χ2v) is 7.93. The van der Waals surface area contributed by atoms with Crippen LogP contribution in [0, 0.1) is 0 Å². The van der Waals surface area contributed by atoms with Gasteiger partial charge in [-0.2, -0.15) is 0 Å². The number of aliphatic hydroxyl groups excluding tert-OH is 1.